The number of aryl methyl sites for hydroxylation is 4. The summed E-state index contributed by atoms with van der Waals surface area (Å²) in [6.07, 6.45) is 2.70. The lowest BCUT2D eigenvalue weighted by Gasteiger charge is -2.03. The third kappa shape index (κ3) is 2.59. The van der Waals surface area contributed by atoms with Crippen molar-refractivity contribution < 1.29 is 4.52 Å². The van der Waals surface area contributed by atoms with Crippen LogP contribution in [0.15, 0.2) is 28.8 Å². The van der Waals surface area contributed by atoms with Gasteiger partial charge in [0.2, 0.25) is 0 Å². The molecule has 4 heteroatoms. The summed E-state index contributed by atoms with van der Waals surface area (Å²) in [5.41, 5.74) is 4.50. The number of benzene rings is 1. The summed E-state index contributed by atoms with van der Waals surface area (Å²) < 4.78 is 5.08. The van der Waals surface area contributed by atoms with E-state index in [2.05, 4.69) is 29.2 Å². The normalized spacial score (nSPS) is 11.3. The fourth-order valence-electron chi connectivity index (χ4n) is 2.44. The van der Waals surface area contributed by atoms with Crippen molar-refractivity contribution in [3.05, 3.63) is 52.0 Å². The second-order valence-corrected chi connectivity index (χ2v) is 5.52. The Kier molecular flexibility index (Phi) is 3.53. The lowest BCUT2D eigenvalue weighted by atomic mass is 10.1. The summed E-state index contributed by atoms with van der Waals surface area (Å²) >= 11 is 6.37. The van der Waals surface area contributed by atoms with Gasteiger partial charge in [0.05, 0.1) is 5.69 Å². The lowest BCUT2D eigenvalue weighted by molar-refractivity contribution is 0.390. The van der Waals surface area contributed by atoms with Crippen LogP contribution in [0.2, 0.25) is 5.02 Å². The first kappa shape index (κ1) is 13.3. The van der Waals surface area contributed by atoms with Gasteiger partial charge in [-0.1, -0.05) is 23.7 Å². The molecule has 1 N–H and O–H groups in total. The van der Waals surface area contributed by atoms with E-state index in [1.165, 1.54) is 11.1 Å². The minimum atomic E-state index is 0.819. The van der Waals surface area contributed by atoms with Crippen molar-refractivity contribution in [3.63, 3.8) is 0 Å². The molecule has 0 bridgehead atoms. The molecule has 0 radical (unpaired) electrons. The molecule has 2 aromatic heterocycles. The Balaban J connectivity index is 1.85. The van der Waals surface area contributed by atoms with Crippen molar-refractivity contribution >= 4 is 22.5 Å². The summed E-state index contributed by atoms with van der Waals surface area (Å²) in [4.78, 5) is 3.42. The molecular formula is C16H17ClN2O. The fourth-order valence-corrected chi connectivity index (χ4v) is 2.71. The Hall–Kier alpha value is -1.74. The van der Waals surface area contributed by atoms with Crippen molar-refractivity contribution in [2.45, 2.75) is 33.1 Å². The Morgan fingerprint density at radius 1 is 1.20 bits per heavy atom. The molecule has 3 aromatic rings. The van der Waals surface area contributed by atoms with E-state index in [4.69, 9.17) is 16.1 Å². The predicted molar refractivity (Wildman–Crippen MR) is 81.3 cm³/mol. The summed E-state index contributed by atoms with van der Waals surface area (Å²) in [6.45, 7) is 4.04. The van der Waals surface area contributed by atoms with E-state index in [1.807, 2.05) is 19.1 Å². The molecule has 0 aliphatic carbocycles. The average Bonchev–Trinajstić information content (AvgIpc) is 3.01. The summed E-state index contributed by atoms with van der Waals surface area (Å²) in [5, 5.41) is 6.01. The van der Waals surface area contributed by atoms with Crippen LogP contribution in [0.5, 0.6) is 0 Å². The van der Waals surface area contributed by atoms with E-state index in [9.17, 15) is 0 Å². The van der Waals surface area contributed by atoms with Crippen LogP contribution in [0, 0.1) is 6.92 Å². The second kappa shape index (κ2) is 5.33. The number of hydrogen-bond donors (Lipinski definition) is 1. The van der Waals surface area contributed by atoms with Crippen molar-refractivity contribution in [2.75, 3.05) is 0 Å². The summed E-state index contributed by atoms with van der Waals surface area (Å²) in [6, 6.07) is 8.31. The fraction of sp³-hybridized carbons (Fsp3) is 0.312. The van der Waals surface area contributed by atoms with Gasteiger partial charge in [0.25, 0.3) is 0 Å². The van der Waals surface area contributed by atoms with Crippen molar-refractivity contribution in [1.29, 1.82) is 0 Å². The summed E-state index contributed by atoms with van der Waals surface area (Å²) in [7, 11) is 0. The number of fused-ring (bicyclic) bond motifs is 1. The highest BCUT2D eigenvalue weighted by Crippen LogP contribution is 2.26. The second-order valence-electron chi connectivity index (χ2n) is 5.11. The van der Waals surface area contributed by atoms with Crippen LogP contribution in [-0.4, -0.2) is 10.1 Å². The van der Waals surface area contributed by atoms with Crippen LogP contribution in [0.4, 0.5) is 0 Å². The Morgan fingerprint density at radius 2 is 2.05 bits per heavy atom. The first-order valence-corrected chi connectivity index (χ1v) is 7.25. The number of H-pyrrole nitrogens is 1. The third-order valence-electron chi connectivity index (χ3n) is 3.55. The molecule has 0 aliphatic rings. The molecule has 0 fully saturated rings. The van der Waals surface area contributed by atoms with Crippen LogP contribution in [0.3, 0.4) is 0 Å². The SMILES string of the molecule is CCc1cc2cc(Cl)c(CCc3cc(C)on3)cc2[nH]1. The first-order chi connectivity index (χ1) is 9.65. The monoisotopic (exact) mass is 288 g/mol. The molecule has 0 spiro atoms. The van der Waals surface area contributed by atoms with Gasteiger partial charge in [-0.15, -0.1) is 0 Å². The molecular weight excluding hydrogens is 272 g/mol. The molecule has 20 heavy (non-hydrogen) atoms. The number of nitrogens with one attached hydrogen (secondary N) is 1. The minimum absolute atomic E-state index is 0.819. The first-order valence-electron chi connectivity index (χ1n) is 6.88. The molecule has 0 saturated heterocycles. The molecule has 0 unspecified atom stereocenters. The van der Waals surface area contributed by atoms with E-state index in [-0.39, 0.29) is 0 Å². The van der Waals surface area contributed by atoms with Gasteiger partial charge in [0.15, 0.2) is 0 Å². The Labute approximate surface area is 122 Å². The highest BCUT2D eigenvalue weighted by Gasteiger charge is 2.08. The number of nitrogens with zero attached hydrogens (tertiary/aromatic N) is 1. The van der Waals surface area contributed by atoms with Gasteiger partial charge in [-0.2, -0.15) is 0 Å². The predicted octanol–water partition coefficient (Wildman–Crippen LogP) is 4.47. The highest BCUT2D eigenvalue weighted by atomic mass is 35.5. The zero-order valence-corrected chi connectivity index (χ0v) is 12.4. The molecule has 3 rings (SSSR count). The van der Waals surface area contributed by atoms with Gasteiger partial charge >= 0.3 is 0 Å². The molecule has 0 amide bonds. The van der Waals surface area contributed by atoms with Gasteiger partial charge in [-0.3, -0.25) is 0 Å². The number of halogens is 1. The maximum Gasteiger partial charge on any atom is 0.133 e. The number of aromatic amines is 1. The van der Waals surface area contributed by atoms with Gasteiger partial charge in [-0.25, -0.2) is 0 Å². The lowest BCUT2D eigenvalue weighted by Crippen LogP contribution is -1.92. The smallest absolute Gasteiger partial charge is 0.133 e. The van der Waals surface area contributed by atoms with Crippen molar-refractivity contribution in [1.82, 2.24) is 10.1 Å². The van der Waals surface area contributed by atoms with Gasteiger partial charge in [0, 0.05) is 27.7 Å². The number of hydrogen-bond acceptors (Lipinski definition) is 2. The molecule has 104 valence electrons. The maximum absolute atomic E-state index is 6.37. The van der Waals surface area contributed by atoms with Crippen LogP contribution in [0.25, 0.3) is 10.9 Å². The largest absolute Gasteiger partial charge is 0.361 e. The van der Waals surface area contributed by atoms with Crippen LogP contribution in [0.1, 0.15) is 29.6 Å². The molecule has 1 aromatic carbocycles. The topological polar surface area (TPSA) is 41.8 Å². The van der Waals surface area contributed by atoms with Gasteiger partial charge < -0.3 is 9.51 Å². The number of rotatable bonds is 4. The standard InChI is InChI=1S/C16H17ClN2O/c1-3-13-7-12-8-15(17)11(9-16(12)18-13)4-5-14-6-10(2)20-19-14/h6-9,18H,3-5H2,1-2H3. The third-order valence-corrected chi connectivity index (χ3v) is 3.90. The van der Waals surface area contributed by atoms with Crippen LogP contribution in [-0.2, 0) is 19.3 Å². The Bertz CT molecular complexity index is 742. The minimum Gasteiger partial charge on any atom is -0.361 e. The summed E-state index contributed by atoms with van der Waals surface area (Å²) in [5.74, 6) is 0.846. The molecule has 3 nitrogen and oxygen atoms in total. The van der Waals surface area contributed by atoms with E-state index in [0.29, 0.717) is 0 Å². The zero-order chi connectivity index (χ0) is 14.1. The number of aromatic nitrogens is 2. The van der Waals surface area contributed by atoms with Crippen LogP contribution < -0.4 is 0 Å². The highest BCUT2D eigenvalue weighted by molar-refractivity contribution is 6.32. The van der Waals surface area contributed by atoms with Crippen molar-refractivity contribution in [3.8, 4) is 0 Å². The van der Waals surface area contributed by atoms with Gasteiger partial charge in [-0.05, 0) is 49.9 Å². The van der Waals surface area contributed by atoms with Crippen molar-refractivity contribution in [2.24, 2.45) is 0 Å². The average molecular weight is 289 g/mol. The Morgan fingerprint density at radius 3 is 2.75 bits per heavy atom. The van der Waals surface area contributed by atoms with E-state index < -0.39 is 0 Å². The van der Waals surface area contributed by atoms with E-state index in [0.717, 1.165) is 46.8 Å². The molecule has 0 atom stereocenters. The molecule has 2 heterocycles. The zero-order valence-electron chi connectivity index (χ0n) is 11.7. The molecule has 0 aliphatic heterocycles. The van der Waals surface area contributed by atoms with E-state index in [1.54, 1.807) is 0 Å². The van der Waals surface area contributed by atoms with Gasteiger partial charge in [0.1, 0.15) is 5.76 Å². The maximum atomic E-state index is 6.37. The van der Waals surface area contributed by atoms with E-state index >= 15 is 0 Å². The quantitative estimate of drug-likeness (QED) is 0.770. The van der Waals surface area contributed by atoms with Crippen LogP contribution >= 0.6 is 11.6 Å². The molecule has 0 saturated carbocycles.